The van der Waals surface area contributed by atoms with Crippen LogP contribution in [0, 0.1) is 22.6 Å². The van der Waals surface area contributed by atoms with E-state index in [1.165, 1.54) is 6.07 Å². The van der Waals surface area contributed by atoms with Crippen LogP contribution in [0.1, 0.15) is 26.3 Å². The Morgan fingerprint density at radius 1 is 1.43 bits per heavy atom. The summed E-state index contributed by atoms with van der Waals surface area (Å²) in [6, 6.07) is 3.19. The molecule has 8 heteroatoms. The quantitative estimate of drug-likeness (QED) is 0.875. The number of sulfonamides is 1. The number of aliphatic carboxylic acids is 1. The van der Waals surface area contributed by atoms with Gasteiger partial charge in [-0.25, -0.2) is 12.8 Å². The molecule has 0 saturated carbocycles. The van der Waals surface area contributed by atoms with Gasteiger partial charge in [0, 0.05) is 0 Å². The summed E-state index contributed by atoms with van der Waals surface area (Å²) in [5.41, 5.74) is -1.55. The van der Waals surface area contributed by atoms with Crippen molar-refractivity contribution in [2.45, 2.75) is 31.7 Å². The van der Waals surface area contributed by atoms with Gasteiger partial charge >= 0.3 is 5.97 Å². The molecule has 1 rings (SSSR count). The van der Waals surface area contributed by atoms with Crippen LogP contribution in [0.15, 0.2) is 23.1 Å². The number of nitrogens with one attached hydrogen (secondary N) is 1. The van der Waals surface area contributed by atoms with Crippen LogP contribution in [-0.2, 0) is 14.8 Å². The number of halogens is 1. The second kappa shape index (κ2) is 5.79. The van der Waals surface area contributed by atoms with Gasteiger partial charge in [-0.15, -0.1) is 0 Å². The van der Waals surface area contributed by atoms with Crippen LogP contribution in [0.2, 0.25) is 0 Å². The molecule has 1 aromatic rings. The van der Waals surface area contributed by atoms with Crippen LogP contribution in [0.5, 0.6) is 0 Å². The molecule has 1 aromatic carbocycles. The van der Waals surface area contributed by atoms with E-state index in [1.54, 1.807) is 20.8 Å². The number of nitriles is 1. The third-order valence-corrected chi connectivity index (χ3v) is 4.23. The average molecular weight is 314 g/mol. The van der Waals surface area contributed by atoms with Crippen molar-refractivity contribution in [2.24, 2.45) is 5.41 Å². The van der Waals surface area contributed by atoms with Gasteiger partial charge in [-0.1, -0.05) is 26.8 Å². The molecular formula is C13H15FN2O4S. The lowest BCUT2D eigenvalue weighted by atomic mass is 9.88. The predicted octanol–water partition coefficient (Wildman–Crippen LogP) is 1.47. The first-order valence-electron chi connectivity index (χ1n) is 5.94. The van der Waals surface area contributed by atoms with E-state index in [2.05, 4.69) is 0 Å². The first kappa shape index (κ1) is 17.1. The van der Waals surface area contributed by atoms with Gasteiger partial charge in [-0.2, -0.15) is 9.98 Å². The van der Waals surface area contributed by atoms with Crippen LogP contribution < -0.4 is 4.72 Å². The molecular weight excluding hydrogens is 299 g/mol. The maximum absolute atomic E-state index is 13.5. The molecule has 1 atom stereocenters. The highest BCUT2D eigenvalue weighted by Gasteiger charge is 2.36. The molecule has 0 fully saturated rings. The van der Waals surface area contributed by atoms with E-state index in [-0.39, 0.29) is 0 Å². The summed E-state index contributed by atoms with van der Waals surface area (Å²) in [5, 5.41) is 18.0. The summed E-state index contributed by atoms with van der Waals surface area (Å²) in [7, 11) is -4.35. The summed E-state index contributed by atoms with van der Waals surface area (Å²) < 4.78 is 40.0. The number of carbonyl (C=O) groups is 1. The van der Waals surface area contributed by atoms with Crippen LogP contribution >= 0.6 is 0 Å². The fraction of sp³-hybridized carbons (Fsp3) is 0.385. The minimum absolute atomic E-state index is 0.583. The molecule has 0 amide bonds. The van der Waals surface area contributed by atoms with Gasteiger partial charge in [-0.3, -0.25) is 4.79 Å². The lowest BCUT2D eigenvalue weighted by Crippen LogP contribution is -2.49. The molecule has 0 aliphatic heterocycles. The normalized spacial score (nSPS) is 13.5. The minimum Gasteiger partial charge on any atom is -0.480 e. The molecule has 0 aliphatic rings. The van der Waals surface area contributed by atoms with Gasteiger partial charge in [0.25, 0.3) is 0 Å². The van der Waals surface area contributed by atoms with Gasteiger partial charge in [0.15, 0.2) is 0 Å². The summed E-state index contributed by atoms with van der Waals surface area (Å²) >= 11 is 0. The predicted molar refractivity (Wildman–Crippen MR) is 72.3 cm³/mol. The topological polar surface area (TPSA) is 107 Å². The molecule has 0 heterocycles. The molecule has 2 N–H and O–H groups in total. The fourth-order valence-electron chi connectivity index (χ4n) is 1.65. The van der Waals surface area contributed by atoms with Crippen molar-refractivity contribution >= 4 is 16.0 Å². The Bertz CT molecular complexity index is 702. The summed E-state index contributed by atoms with van der Waals surface area (Å²) in [6.07, 6.45) is 0. The number of benzene rings is 1. The molecule has 0 radical (unpaired) electrons. The molecule has 1 unspecified atom stereocenters. The van der Waals surface area contributed by atoms with Gasteiger partial charge < -0.3 is 5.11 Å². The van der Waals surface area contributed by atoms with Crippen molar-refractivity contribution in [2.75, 3.05) is 0 Å². The van der Waals surface area contributed by atoms with E-state index in [4.69, 9.17) is 10.4 Å². The smallest absolute Gasteiger partial charge is 0.322 e. The number of rotatable bonds is 4. The van der Waals surface area contributed by atoms with Crippen molar-refractivity contribution in [3.05, 3.63) is 29.6 Å². The Hall–Kier alpha value is -1.98. The Balaban J connectivity index is 3.34. The Morgan fingerprint density at radius 3 is 2.43 bits per heavy atom. The zero-order chi connectivity index (χ0) is 16.4. The van der Waals surface area contributed by atoms with Gasteiger partial charge in [0.1, 0.15) is 28.4 Å². The number of nitrogens with zero attached hydrogens (tertiary/aromatic N) is 1. The van der Waals surface area contributed by atoms with E-state index in [0.717, 1.165) is 18.2 Å². The first-order valence-corrected chi connectivity index (χ1v) is 7.43. The third-order valence-electron chi connectivity index (χ3n) is 2.76. The van der Waals surface area contributed by atoms with Gasteiger partial charge in [0.05, 0.1) is 0 Å². The highest BCUT2D eigenvalue weighted by atomic mass is 32.2. The Kier molecular flexibility index (Phi) is 4.71. The molecule has 21 heavy (non-hydrogen) atoms. The van der Waals surface area contributed by atoms with E-state index >= 15 is 0 Å². The first-order chi connectivity index (χ1) is 9.50. The van der Waals surface area contributed by atoms with Gasteiger partial charge in [-0.05, 0) is 17.5 Å². The van der Waals surface area contributed by atoms with Crippen molar-refractivity contribution in [3.8, 4) is 6.07 Å². The van der Waals surface area contributed by atoms with Gasteiger partial charge in [0.2, 0.25) is 10.0 Å². The van der Waals surface area contributed by atoms with Crippen LogP contribution in [0.4, 0.5) is 4.39 Å². The minimum atomic E-state index is -4.35. The summed E-state index contributed by atoms with van der Waals surface area (Å²) in [6.45, 7) is 4.64. The number of hydrogen-bond acceptors (Lipinski definition) is 4. The molecule has 6 nitrogen and oxygen atoms in total. The van der Waals surface area contributed by atoms with Crippen LogP contribution in [0.25, 0.3) is 0 Å². The van der Waals surface area contributed by atoms with E-state index in [9.17, 15) is 17.6 Å². The van der Waals surface area contributed by atoms with Crippen LogP contribution in [0.3, 0.4) is 0 Å². The number of carboxylic acids is 1. The largest absolute Gasteiger partial charge is 0.480 e. The van der Waals surface area contributed by atoms with Crippen molar-refractivity contribution in [1.82, 2.24) is 4.72 Å². The second-order valence-corrected chi connectivity index (χ2v) is 7.17. The number of hydrogen-bond donors (Lipinski definition) is 2. The lowest BCUT2D eigenvalue weighted by molar-refractivity contribution is -0.141. The summed E-state index contributed by atoms with van der Waals surface area (Å²) in [5.74, 6) is -2.34. The third kappa shape index (κ3) is 3.77. The molecule has 0 aromatic heterocycles. The summed E-state index contributed by atoms with van der Waals surface area (Å²) in [4.78, 5) is 10.6. The molecule has 0 spiro atoms. The van der Waals surface area contributed by atoms with Crippen LogP contribution in [-0.4, -0.2) is 25.5 Å². The molecule has 0 saturated heterocycles. The van der Waals surface area contributed by atoms with Crippen molar-refractivity contribution in [1.29, 1.82) is 5.26 Å². The fourth-order valence-corrected chi connectivity index (χ4v) is 3.21. The Labute approximate surface area is 122 Å². The molecule has 114 valence electrons. The number of carboxylic acid groups (broad SMARTS) is 1. The lowest BCUT2D eigenvalue weighted by Gasteiger charge is -2.27. The van der Waals surface area contributed by atoms with E-state index < -0.39 is 43.7 Å². The van der Waals surface area contributed by atoms with E-state index in [1.807, 2.05) is 4.72 Å². The maximum Gasteiger partial charge on any atom is 0.322 e. The second-order valence-electron chi connectivity index (χ2n) is 5.48. The van der Waals surface area contributed by atoms with Crippen molar-refractivity contribution in [3.63, 3.8) is 0 Å². The monoisotopic (exact) mass is 314 g/mol. The van der Waals surface area contributed by atoms with E-state index in [0.29, 0.717) is 0 Å². The highest BCUT2D eigenvalue weighted by molar-refractivity contribution is 7.89. The standard InChI is InChI=1S/C13H15FN2O4S/c1-13(2,3)11(12(17)18)16-21(19,20)10-6-4-5-9(14)8(10)7-15/h4-6,11,16H,1-3H3,(H,17,18). The molecule has 0 bridgehead atoms. The zero-order valence-corrected chi connectivity index (χ0v) is 12.5. The Morgan fingerprint density at radius 2 is 2.00 bits per heavy atom. The SMILES string of the molecule is CC(C)(C)C(NS(=O)(=O)c1cccc(F)c1C#N)C(=O)O. The van der Waals surface area contributed by atoms with Crippen molar-refractivity contribution < 1.29 is 22.7 Å². The highest BCUT2D eigenvalue weighted by Crippen LogP contribution is 2.23. The maximum atomic E-state index is 13.5. The zero-order valence-electron chi connectivity index (χ0n) is 11.7. The molecule has 0 aliphatic carbocycles. The average Bonchev–Trinajstić information content (AvgIpc) is 2.34.